The number of esters is 3. The van der Waals surface area contributed by atoms with Gasteiger partial charge in [0.25, 0.3) is 0 Å². The first kappa shape index (κ1) is 24.9. The molecule has 1 aromatic carbocycles. The van der Waals surface area contributed by atoms with E-state index in [0.717, 1.165) is 0 Å². The first-order valence-electron chi connectivity index (χ1n) is 9.81. The van der Waals surface area contributed by atoms with Gasteiger partial charge in [-0.15, -0.1) is 0 Å². The van der Waals surface area contributed by atoms with E-state index in [1.807, 2.05) is 0 Å². The number of ether oxygens (including phenoxy) is 6. The van der Waals surface area contributed by atoms with Gasteiger partial charge in [0.1, 0.15) is 30.3 Å². The Morgan fingerprint density at radius 3 is 2.12 bits per heavy atom. The van der Waals surface area contributed by atoms with Gasteiger partial charge in [0.05, 0.1) is 7.11 Å². The van der Waals surface area contributed by atoms with Gasteiger partial charge in [0, 0.05) is 33.8 Å². The molecule has 1 fully saturated rings. The summed E-state index contributed by atoms with van der Waals surface area (Å²) in [4.78, 5) is 46.8. The summed E-state index contributed by atoms with van der Waals surface area (Å²) >= 11 is 0. The number of nitrogens with one attached hydrogen (secondary N) is 1. The van der Waals surface area contributed by atoms with Crippen LogP contribution in [-0.4, -0.2) is 68.2 Å². The van der Waals surface area contributed by atoms with Gasteiger partial charge in [0.15, 0.2) is 12.2 Å². The molecule has 0 unspecified atom stereocenters. The standard InChI is InChI=1S/C21H27NO10/c1-11(23)22-18-20(30-14(4)26)19(29-13(3)25)17(10-28-12(2)24)32-21(18)31-16-8-6-7-15(9-16)27-5/h6-9,17-21H,10H2,1-5H3,(H,22,23)/t17-,18+,19+,20+,21-/m1/s1. The molecule has 11 heteroatoms. The Morgan fingerprint density at radius 2 is 1.56 bits per heavy atom. The lowest BCUT2D eigenvalue weighted by molar-refractivity contribution is -0.257. The molecular weight excluding hydrogens is 426 g/mol. The Balaban J connectivity index is 2.45. The van der Waals surface area contributed by atoms with E-state index in [1.54, 1.807) is 24.3 Å². The second-order valence-corrected chi connectivity index (χ2v) is 7.02. The van der Waals surface area contributed by atoms with Crippen LogP contribution in [0.3, 0.4) is 0 Å². The molecule has 0 aliphatic carbocycles. The number of benzene rings is 1. The number of hydrogen-bond donors (Lipinski definition) is 1. The van der Waals surface area contributed by atoms with Gasteiger partial charge in [-0.1, -0.05) is 6.07 Å². The fraction of sp³-hybridized carbons (Fsp3) is 0.524. The van der Waals surface area contributed by atoms with Gasteiger partial charge in [-0.05, 0) is 12.1 Å². The molecule has 176 valence electrons. The second-order valence-electron chi connectivity index (χ2n) is 7.02. The highest BCUT2D eigenvalue weighted by atomic mass is 16.7. The van der Waals surface area contributed by atoms with Crippen LogP contribution in [0.25, 0.3) is 0 Å². The van der Waals surface area contributed by atoms with Gasteiger partial charge in [-0.2, -0.15) is 0 Å². The molecule has 0 bridgehead atoms. The van der Waals surface area contributed by atoms with E-state index in [1.165, 1.54) is 34.8 Å². The molecule has 0 aromatic heterocycles. The van der Waals surface area contributed by atoms with Crippen LogP contribution in [0.5, 0.6) is 11.5 Å². The van der Waals surface area contributed by atoms with Crippen molar-refractivity contribution in [1.82, 2.24) is 5.32 Å². The summed E-state index contributed by atoms with van der Waals surface area (Å²) in [6.45, 7) is 4.50. The van der Waals surface area contributed by atoms with Crippen LogP contribution < -0.4 is 14.8 Å². The maximum atomic E-state index is 11.9. The minimum atomic E-state index is -1.19. The molecule has 1 N–H and O–H groups in total. The molecule has 1 saturated heterocycles. The molecule has 1 heterocycles. The third-order valence-electron chi connectivity index (χ3n) is 4.36. The van der Waals surface area contributed by atoms with E-state index >= 15 is 0 Å². The summed E-state index contributed by atoms with van der Waals surface area (Å²) in [6, 6.07) is 5.57. The predicted molar refractivity (Wildman–Crippen MR) is 108 cm³/mol. The third kappa shape index (κ3) is 7.12. The maximum Gasteiger partial charge on any atom is 0.303 e. The maximum absolute atomic E-state index is 11.9. The van der Waals surface area contributed by atoms with Crippen LogP contribution in [0.1, 0.15) is 27.7 Å². The topological polar surface area (TPSA) is 136 Å². The SMILES string of the molecule is COc1cccc(O[C@@H]2O[C@H](COC(C)=O)[C@H](OC(C)=O)[C@@H](OC(C)=O)[C@@H]2NC(C)=O)c1. The second kappa shape index (κ2) is 11.3. The van der Waals surface area contributed by atoms with Crippen LogP contribution in [0.2, 0.25) is 0 Å². The summed E-state index contributed by atoms with van der Waals surface area (Å²) in [5, 5.41) is 2.63. The van der Waals surface area contributed by atoms with Gasteiger partial charge >= 0.3 is 17.9 Å². The van der Waals surface area contributed by atoms with Crippen molar-refractivity contribution in [2.24, 2.45) is 0 Å². The van der Waals surface area contributed by atoms with E-state index in [4.69, 9.17) is 28.4 Å². The highest BCUT2D eigenvalue weighted by Crippen LogP contribution is 2.30. The van der Waals surface area contributed by atoms with Crippen LogP contribution in [0.4, 0.5) is 0 Å². The highest BCUT2D eigenvalue weighted by Gasteiger charge is 2.51. The summed E-state index contributed by atoms with van der Waals surface area (Å²) in [5.74, 6) is -1.57. The average molecular weight is 453 g/mol. The predicted octanol–water partition coefficient (Wildman–Crippen LogP) is 0.730. The van der Waals surface area contributed by atoms with Crippen molar-refractivity contribution in [2.75, 3.05) is 13.7 Å². The smallest absolute Gasteiger partial charge is 0.303 e. The zero-order chi connectivity index (χ0) is 23.8. The largest absolute Gasteiger partial charge is 0.497 e. The lowest BCUT2D eigenvalue weighted by Gasteiger charge is -2.44. The molecule has 32 heavy (non-hydrogen) atoms. The van der Waals surface area contributed by atoms with Crippen LogP contribution in [0, 0.1) is 0 Å². The Kier molecular flexibility index (Phi) is 8.82. The molecular formula is C21H27NO10. The third-order valence-corrected chi connectivity index (χ3v) is 4.36. The summed E-state index contributed by atoms with van der Waals surface area (Å²) in [5.41, 5.74) is 0. The Hall–Kier alpha value is -3.34. The normalized spacial score (nSPS) is 24.6. The monoisotopic (exact) mass is 453 g/mol. The van der Waals surface area contributed by atoms with Crippen molar-refractivity contribution in [3.63, 3.8) is 0 Å². The van der Waals surface area contributed by atoms with Crippen molar-refractivity contribution in [1.29, 1.82) is 0 Å². The Morgan fingerprint density at radius 1 is 0.938 bits per heavy atom. The number of hydrogen-bond acceptors (Lipinski definition) is 10. The molecule has 5 atom stereocenters. The highest BCUT2D eigenvalue weighted by molar-refractivity contribution is 5.73. The Labute approximate surface area is 185 Å². The van der Waals surface area contributed by atoms with Crippen molar-refractivity contribution in [3.05, 3.63) is 24.3 Å². The summed E-state index contributed by atoms with van der Waals surface area (Å²) in [7, 11) is 1.49. The number of rotatable bonds is 8. The zero-order valence-electron chi connectivity index (χ0n) is 18.5. The zero-order valence-corrected chi connectivity index (χ0v) is 18.5. The molecule has 1 aromatic rings. The lowest BCUT2D eigenvalue weighted by atomic mass is 9.96. The molecule has 11 nitrogen and oxygen atoms in total. The molecule has 1 aliphatic heterocycles. The molecule has 2 rings (SSSR count). The fourth-order valence-corrected chi connectivity index (χ4v) is 3.20. The molecule has 0 spiro atoms. The van der Waals surface area contributed by atoms with E-state index in [2.05, 4.69) is 5.32 Å². The van der Waals surface area contributed by atoms with Gasteiger partial charge in [0.2, 0.25) is 12.2 Å². The summed E-state index contributed by atoms with van der Waals surface area (Å²) in [6.07, 6.45) is -4.61. The molecule has 1 amide bonds. The van der Waals surface area contributed by atoms with E-state index in [-0.39, 0.29) is 6.61 Å². The fourth-order valence-electron chi connectivity index (χ4n) is 3.20. The summed E-state index contributed by atoms with van der Waals surface area (Å²) < 4.78 is 32.8. The first-order chi connectivity index (χ1) is 15.1. The number of carbonyl (C=O) groups excluding carboxylic acids is 4. The van der Waals surface area contributed by atoms with Crippen molar-refractivity contribution in [2.45, 2.75) is 58.3 Å². The van der Waals surface area contributed by atoms with Crippen LogP contribution >= 0.6 is 0 Å². The van der Waals surface area contributed by atoms with E-state index in [0.29, 0.717) is 11.5 Å². The lowest BCUT2D eigenvalue weighted by Crippen LogP contribution is -2.67. The quantitative estimate of drug-likeness (QED) is 0.443. The first-order valence-corrected chi connectivity index (χ1v) is 9.81. The van der Waals surface area contributed by atoms with E-state index in [9.17, 15) is 19.2 Å². The molecule has 0 radical (unpaired) electrons. The Bertz CT molecular complexity index is 842. The van der Waals surface area contributed by atoms with Crippen LogP contribution in [0.15, 0.2) is 24.3 Å². The average Bonchev–Trinajstić information content (AvgIpc) is 2.70. The van der Waals surface area contributed by atoms with Gasteiger partial charge in [-0.3, -0.25) is 19.2 Å². The number of methoxy groups -OCH3 is 1. The minimum absolute atomic E-state index is 0.310. The van der Waals surface area contributed by atoms with Crippen LogP contribution in [-0.2, 0) is 38.1 Å². The van der Waals surface area contributed by atoms with E-state index < -0.39 is 54.5 Å². The number of carbonyl (C=O) groups is 4. The molecule has 1 aliphatic rings. The van der Waals surface area contributed by atoms with Crippen molar-refractivity contribution < 1.29 is 47.6 Å². The molecule has 0 saturated carbocycles. The van der Waals surface area contributed by atoms with Crippen molar-refractivity contribution >= 4 is 23.8 Å². The van der Waals surface area contributed by atoms with Crippen molar-refractivity contribution in [3.8, 4) is 11.5 Å². The van der Waals surface area contributed by atoms with Gasteiger partial charge < -0.3 is 33.7 Å². The number of amides is 1. The minimum Gasteiger partial charge on any atom is -0.497 e. The van der Waals surface area contributed by atoms with Gasteiger partial charge in [-0.25, -0.2) is 0 Å².